The summed E-state index contributed by atoms with van der Waals surface area (Å²) in [5.74, 6) is 0.922. The van der Waals surface area contributed by atoms with Gasteiger partial charge in [-0.15, -0.1) is 0 Å². The second kappa shape index (κ2) is 6.42. The first kappa shape index (κ1) is 14.5. The number of ether oxygens (including phenoxy) is 1. The van der Waals surface area contributed by atoms with Crippen LogP contribution < -0.4 is 10.5 Å². The summed E-state index contributed by atoms with van der Waals surface area (Å²) in [6, 6.07) is 8.21. The quantitative estimate of drug-likeness (QED) is 0.785. The van der Waals surface area contributed by atoms with E-state index < -0.39 is 5.54 Å². The van der Waals surface area contributed by atoms with E-state index >= 15 is 0 Å². The van der Waals surface area contributed by atoms with E-state index in [1.165, 1.54) is 11.1 Å². The molecule has 0 spiro atoms. The van der Waals surface area contributed by atoms with E-state index in [0.717, 1.165) is 12.2 Å². The first-order chi connectivity index (χ1) is 8.52. The van der Waals surface area contributed by atoms with Gasteiger partial charge in [-0.25, -0.2) is 0 Å². The molecule has 2 N–H and O–H groups in total. The number of hydrogen-bond donors (Lipinski definition) is 1. The van der Waals surface area contributed by atoms with Crippen molar-refractivity contribution < 1.29 is 4.74 Å². The Morgan fingerprint density at radius 1 is 1.39 bits per heavy atom. The van der Waals surface area contributed by atoms with Crippen molar-refractivity contribution >= 4 is 0 Å². The number of benzene rings is 1. The standard InChI is InChI=1S/C15H22N2O/c1-4-15(17,11-16)9-6-10-18-14-8-5-7-12(2)13(14)3/h5,7-8H,4,6,9-10,17H2,1-3H3. The number of nitrogens with zero attached hydrogens (tertiary/aromatic N) is 1. The van der Waals surface area contributed by atoms with Gasteiger partial charge in [0.05, 0.1) is 12.7 Å². The fraction of sp³-hybridized carbons (Fsp3) is 0.533. The summed E-state index contributed by atoms with van der Waals surface area (Å²) in [7, 11) is 0. The van der Waals surface area contributed by atoms with Crippen LogP contribution in [0.1, 0.15) is 37.3 Å². The van der Waals surface area contributed by atoms with Gasteiger partial charge in [-0.2, -0.15) is 5.26 Å². The molecule has 1 aromatic rings. The number of hydrogen-bond acceptors (Lipinski definition) is 3. The molecule has 98 valence electrons. The summed E-state index contributed by atoms with van der Waals surface area (Å²) in [5, 5.41) is 8.97. The number of rotatable bonds is 6. The Labute approximate surface area is 110 Å². The van der Waals surface area contributed by atoms with Crippen molar-refractivity contribution in [1.29, 1.82) is 5.26 Å². The molecule has 0 aromatic heterocycles. The van der Waals surface area contributed by atoms with E-state index in [1.54, 1.807) is 0 Å². The molecule has 0 fully saturated rings. The fourth-order valence-corrected chi connectivity index (χ4v) is 1.76. The highest BCUT2D eigenvalue weighted by Gasteiger charge is 2.21. The van der Waals surface area contributed by atoms with E-state index in [4.69, 9.17) is 15.7 Å². The van der Waals surface area contributed by atoms with Gasteiger partial charge in [0.25, 0.3) is 0 Å². The van der Waals surface area contributed by atoms with Crippen LogP contribution >= 0.6 is 0 Å². The largest absolute Gasteiger partial charge is 0.493 e. The fourth-order valence-electron chi connectivity index (χ4n) is 1.76. The van der Waals surface area contributed by atoms with Crippen molar-refractivity contribution in [2.45, 2.75) is 45.6 Å². The molecular weight excluding hydrogens is 224 g/mol. The average molecular weight is 246 g/mol. The molecule has 0 radical (unpaired) electrons. The molecule has 0 aliphatic rings. The lowest BCUT2D eigenvalue weighted by Crippen LogP contribution is -2.37. The van der Waals surface area contributed by atoms with Crippen LogP contribution in [0, 0.1) is 25.2 Å². The van der Waals surface area contributed by atoms with Crippen LogP contribution in [-0.4, -0.2) is 12.1 Å². The molecule has 1 aromatic carbocycles. The monoisotopic (exact) mass is 246 g/mol. The Kier molecular flexibility index (Phi) is 5.18. The van der Waals surface area contributed by atoms with Gasteiger partial charge in [0.1, 0.15) is 11.3 Å². The van der Waals surface area contributed by atoms with Crippen molar-refractivity contribution in [2.75, 3.05) is 6.61 Å². The van der Waals surface area contributed by atoms with Crippen molar-refractivity contribution in [3.05, 3.63) is 29.3 Å². The van der Waals surface area contributed by atoms with Crippen LogP contribution in [-0.2, 0) is 0 Å². The van der Waals surface area contributed by atoms with Gasteiger partial charge in [0.2, 0.25) is 0 Å². The van der Waals surface area contributed by atoms with Crippen LogP contribution in [0.25, 0.3) is 0 Å². The summed E-state index contributed by atoms with van der Waals surface area (Å²) in [4.78, 5) is 0. The van der Waals surface area contributed by atoms with Gasteiger partial charge >= 0.3 is 0 Å². The highest BCUT2D eigenvalue weighted by atomic mass is 16.5. The molecule has 0 amide bonds. The summed E-state index contributed by atoms with van der Waals surface area (Å²) < 4.78 is 5.74. The second-order valence-corrected chi connectivity index (χ2v) is 4.77. The third-order valence-electron chi connectivity index (χ3n) is 3.43. The maximum absolute atomic E-state index is 8.97. The Bertz CT molecular complexity index is 437. The van der Waals surface area contributed by atoms with Gasteiger partial charge < -0.3 is 10.5 Å². The van der Waals surface area contributed by atoms with E-state index in [9.17, 15) is 0 Å². The number of aryl methyl sites for hydroxylation is 1. The summed E-state index contributed by atoms with van der Waals surface area (Å²) >= 11 is 0. The minimum Gasteiger partial charge on any atom is -0.493 e. The van der Waals surface area contributed by atoms with E-state index in [-0.39, 0.29) is 0 Å². The Hall–Kier alpha value is -1.53. The van der Waals surface area contributed by atoms with E-state index in [2.05, 4.69) is 26.0 Å². The summed E-state index contributed by atoms with van der Waals surface area (Å²) in [6.45, 7) is 6.67. The predicted molar refractivity (Wildman–Crippen MR) is 73.5 cm³/mol. The van der Waals surface area contributed by atoms with Crippen LogP contribution in [0.4, 0.5) is 0 Å². The van der Waals surface area contributed by atoms with Crippen molar-refractivity contribution in [1.82, 2.24) is 0 Å². The highest BCUT2D eigenvalue weighted by Crippen LogP contribution is 2.21. The van der Waals surface area contributed by atoms with Crippen LogP contribution in [0.5, 0.6) is 5.75 Å². The number of nitrogens with two attached hydrogens (primary N) is 1. The van der Waals surface area contributed by atoms with Gasteiger partial charge in [-0.3, -0.25) is 0 Å². The maximum Gasteiger partial charge on any atom is 0.122 e. The maximum atomic E-state index is 8.97. The minimum atomic E-state index is -0.703. The third-order valence-corrected chi connectivity index (χ3v) is 3.43. The highest BCUT2D eigenvalue weighted by molar-refractivity contribution is 5.38. The number of nitriles is 1. The first-order valence-corrected chi connectivity index (χ1v) is 6.41. The second-order valence-electron chi connectivity index (χ2n) is 4.77. The first-order valence-electron chi connectivity index (χ1n) is 6.41. The van der Waals surface area contributed by atoms with E-state index in [1.807, 2.05) is 19.1 Å². The zero-order valence-electron chi connectivity index (χ0n) is 11.5. The lowest BCUT2D eigenvalue weighted by Gasteiger charge is -2.19. The Morgan fingerprint density at radius 3 is 2.72 bits per heavy atom. The molecule has 18 heavy (non-hydrogen) atoms. The molecule has 0 aliphatic carbocycles. The molecule has 3 heteroatoms. The van der Waals surface area contributed by atoms with Gasteiger partial charge in [0.15, 0.2) is 0 Å². The normalized spacial score (nSPS) is 13.7. The van der Waals surface area contributed by atoms with Gasteiger partial charge in [-0.1, -0.05) is 19.1 Å². The molecule has 1 atom stereocenters. The average Bonchev–Trinajstić information content (AvgIpc) is 2.39. The molecule has 0 saturated carbocycles. The Balaban J connectivity index is 2.44. The van der Waals surface area contributed by atoms with Crippen molar-refractivity contribution in [3.63, 3.8) is 0 Å². The molecule has 0 saturated heterocycles. The SMILES string of the molecule is CCC(N)(C#N)CCCOc1cccc(C)c1C. The third kappa shape index (κ3) is 3.75. The molecule has 1 unspecified atom stereocenters. The smallest absolute Gasteiger partial charge is 0.122 e. The van der Waals surface area contributed by atoms with E-state index in [0.29, 0.717) is 19.4 Å². The lowest BCUT2D eigenvalue weighted by atomic mass is 9.94. The van der Waals surface area contributed by atoms with Crippen molar-refractivity contribution in [2.24, 2.45) is 5.73 Å². The zero-order chi connectivity index (χ0) is 13.6. The van der Waals surface area contributed by atoms with Crippen LogP contribution in [0.2, 0.25) is 0 Å². The molecule has 0 aliphatic heterocycles. The topological polar surface area (TPSA) is 59.0 Å². The zero-order valence-corrected chi connectivity index (χ0v) is 11.5. The van der Waals surface area contributed by atoms with Crippen molar-refractivity contribution in [3.8, 4) is 11.8 Å². The molecule has 0 bridgehead atoms. The predicted octanol–water partition coefficient (Wildman–Crippen LogP) is 3.09. The van der Waals surface area contributed by atoms with Gasteiger partial charge in [-0.05, 0) is 50.3 Å². The molecule has 3 nitrogen and oxygen atoms in total. The lowest BCUT2D eigenvalue weighted by molar-refractivity contribution is 0.290. The molecule has 1 rings (SSSR count). The Morgan fingerprint density at radius 2 is 2.11 bits per heavy atom. The van der Waals surface area contributed by atoms with Crippen LogP contribution in [0.3, 0.4) is 0 Å². The molecule has 0 heterocycles. The summed E-state index contributed by atoms with van der Waals surface area (Å²) in [5.41, 5.74) is 7.61. The summed E-state index contributed by atoms with van der Waals surface area (Å²) in [6.07, 6.45) is 2.14. The van der Waals surface area contributed by atoms with Crippen LogP contribution in [0.15, 0.2) is 18.2 Å². The van der Waals surface area contributed by atoms with Gasteiger partial charge in [0, 0.05) is 0 Å². The minimum absolute atomic E-state index is 0.602. The molecular formula is C15H22N2O.